The second kappa shape index (κ2) is 11.4. The molecule has 0 radical (unpaired) electrons. The summed E-state index contributed by atoms with van der Waals surface area (Å²) in [5.74, 6) is -0.0269. The Balaban J connectivity index is 1.20. The van der Waals surface area contributed by atoms with Gasteiger partial charge in [-0.3, -0.25) is 0 Å². The Labute approximate surface area is 252 Å². The van der Waals surface area contributed by atoms with Crippen molar-refractivity contribution in [3.05, 3.63) is 157 Å². The largest absolute Gasteiger partial charge is 0.345 e. The fourth-order valence-electron chi connectivity index (χ4n) is 5.86. The molecule has 0 amide bonds. The van der Waals surface area contributed by atoms with Gasteiger partial charge in [-0.05, 0) is 93.7 Å². The molecule has 0 N–H and O–H groups in total. The number of rotatable bonds is 6. The van der Waals surface area contributed by atoms with E-state index < -0.39 is 0 Å². The van der Waals surface area contributed by atoms with Crippen molar-refractivity contribution in [3.8, 4) is 17.2 Å². The van der Waals surface area contributed by atoms with Crippen LogP contribution in [0.5, 0.6) is 0 Å². The normalized spacial score (nSPS) is 14.3. The zero-order valence-corrected chi connectivity index (χ0v) is 24.1. The van der Waals surface area contributed by atoms with Gasteiger partial charge in [0.2, 0.25) is 0 Å². The van der Waals surface area contributed by atoms with Crippen LogP contribution in [0.25, 0.3) is 32.7 Å². The third kappa shape index (κ3) is 5.27. The van der Waals surface area contributed by atoms with Gasteiger partial charge in [-0.15, -0.1) is 0 Å². The summed E-state index contributed by atoms with van der Waals surface area (Å²) >= 11 is 0. The van der Waals surface area contributed by atoms with Crippen LogP contribution in [0.1, 0.15) is 6.42 Å². The van der Waals surface area contributed by atoms with Crippen LogP contribution >= 0.6 is 0 Å². The lowest BCUT2D eigenvalue weighted by Gasteiger charge is -2.26. The van der Waals surface area contributed by atoms with E-state index in [0.717, 1.165) is 34.9 Å². The van der Waals surface area contributed by atoms with E-state index in [4.69, 9.17) is 5.26 Å². The minimum absolute atomic E-state index is 0.0269. The minimum Gasteiger partial charge on any atom is -0.345 e. The number of anilines is 4. The zero-order valence-electron chi connectivity index (χ0n) is 24.1. The summed E-state index contributed by atoms with van der Waals surface area (Å²) < 4.78 is 0. The maximum atomic E-state index is 9.16. The molecule has 0 aromatic heterocycles. The van der Waals surface area contributed by atoms with Crippen molar-refractivity contribution < 1.29 is 0 Å². The first kappa shape index (κ1) is 26.3. The second-order valence-corrected chi connectivity index (χ2v) is 11.0. The van der Waals surface area contributed by atoms with E-state index in [1.165, 1.54) is 32.7 Å². The molecule has 0 saturated carbocycles. The Morgan fingerprint density at radius 2 is 1.07 bits per heavy atom. The number of hydrogen-bond donors (Lipinski definition) is 0. The van der Waals surface area contributed by atoms with Gasteiger partial charge in [0.15, 0.2) is 0 Å². The van der Waals surface area contributed by atoms with Crippen molar-refractivity contribution in [2.24, 2.45) is 5.92 Å². The summed E-state index contributed by atoms with van der Waals surface area (Å²) in [6.45, 7) is 0. The molecular formula is C40H31N3. The molecular weight excluding hydrogens is 522 g/mol. The van der Waals surface area contributed by atoms with E-state index in [1.54, 1.807) is 0 Å². The van der Waals surface area contributed by atoms with Gasteiger partial charge in [0.25, 0.3) is 0 Å². The van der Waals surface area contributed by atoms with Crippen LogP contribution in [0, 0.1) is 17.2 Å². The molecule has 1 aliphatic carbocycles. The van der Waals surface area contributed by atoms with Crippen molar-refractivity contribution in [1.82, 2.24) is 0 Å². The first-order valence-corrected chi connectivity index (χ1v) is 14.7. The summed E-state index contributed by atoms with van der Waals surface area (Å²) in [6.07, 6.45) is 6.92. The van der Waals surface area contributed by atoms with E-state index >= 15 is 0 Å². The van der Waals surface area contributed by atoms with Crippen molar-refractivity contribution >= 4 is 44.3 Å². The van der Waals surface area contributed by atoms with Gasteiger partial charge < -0.3 is 9.80 Å². The third-order valence-electron chi connectivity index (χ3n) is 8.33. The molecule has 7 rings (SSSR count). The number of benzene rings is 6. The molecule has 6 aromatic carbocycles. The van der Waals surface area contributed by atoms with E-state index in [0.29, 0.717) is 0 Å². The van der Waals surface area contributed by atoms with Crippen molar-refractivity contribution in [2.75, 3.05) is 16.8 Å². The maximum absolute atomic E-state index is 9.16. The van der Waals surface area contributed by atoms with Crippen LogP contribution in [0.4, 0.5) is 22.7 Å². The standard InChI is InChI=1S/C40H31N3/c1-42(36-18-10-29(28-41)11-19-36)37-20-12-32(13-21-37)33-14-22-38(23-15-33)43(39-24-16-30-6-2-4-8-34(30)26-39)40-25-17-31-7-3-5-9-35(31)27-40/h2-10,12-27,29H,11H2,1H3. The van der Waals surface area contributed by atoms with E-state index in [9.17, 15) is 0 Å². The average Bonchev–Trinajstić information content (AvgIpc) is 3.08. The Morgan fingerprint density at radius 3 is 1.56 bits per heavy atom. The average molecular weight is 554 g/mol. The number of hydrogen-bond acceptors (Lipinski definition) is 3. The van der Waals surface area contributed by atoms with Gasteiger partial charge in [-0.25, -0.2) is 0 Å². The van der Waals surface area contributed by atoms with Crippen molar-refractivity contribution in [3.63, 3.8) is 0 Å². The van der Waals surface area contributed by atoms with Crippen LogP contribution in [0.2, 0.25) is 0 Å². The first-order chi connectivity index (χ1) is 21.2. The predicted molar refractivity (Wildman–Crippen MR) is 181 cm³/mol. The molecule has 43 heavy (non-hydrogen) atoms. The molecule has 1 atom stereocenters. The number of allylic oxidation sites excluding steroid dienone is 3. The Morgan fingerprint density at radius 1 is 0.581 bits per heavy atom. The lowest BCUT2D eigenvalue weighted by atomic mass is 10.00. The topological polar surface area (TPSA) is 30.3 Å². The van der Waals surface area contributed by atoms with Crippen LogP contribution in [-0.2, 0) is 0 Å². The van der Waals surface area contributed by atoms with Crippen LogP contribution in [0.3, 0.4) is 0 Å². The van der Waals surface area contributed by atoms with Gasteiger partial charge in [-0.2, -0.15) is 5.26 Å². The van der Waals surface area contributed by atoms with Gasteiger partial charge in [-0.1, -0.05) is 97.1 Å². The molecule has 1 aliphatic rings. The quantitative estimate of drug-likeness (QED) is 0.205. The third-order valence-corrected chi connectivity index (χ3v) is 8.33. The highest BCUT2D eigenvalue weighted by molar-refractivity contribution is 5.92. The summed E-state index contributed by atoms with van der Waals surface area (Å²) in [7, 11) is 2.07. The lowest BCUT2D eigenvalue weighted by molar-refractivity contribution is 0.821. The molecule has 0 heterocycles. The zero-order chi connectivity index (χ0) is 29.2. The molecule has 0 spiro atoms. The number of likely N-dealkylation sites (N-methyl/N-ethyl adjacent to an activating group) is 1. The van der Waals surface area contributed by atoms with Crippen molar-refractivity contribution in [1.29, 1.82) is 5.26 Å². The van der Waals surface area contributed by atoms with Gasteiger partial charge in [0.1, 0.15) is 0 Å². The highest BCUT2D eigenvalue weighted by Gasteiger charge is 2.15. The van der Waals surface area contributed by atoms with Crippen LogP contribution in [0.15, 0.2) is 157 Å². The van der Waals surface area contributed by atoms with E-state index in [2.05, 4.69) is 162 Å². The SMILES string of the molecule is CN(C1=CCC(C#N)C=C1)c1ccc(-c2ccc(N(c3ccc4ccccc4c3)c3ccc4ccccc4c3)cc2)cc1. The molecule has 206 valence electrons. The summed E-state index contributed by atoms with van der Waals surface area (Å²) in [6, 6.07) is 50.2. The van der Waals surface area contributed by atoms with Crippen LogP contribution < -0.4 is 9.80 Å². The summed E-state index contributed by atoms with van der Waals surface area (Å²) in [5, 5.41) is 14.1. The molecule has 6 aromatic rings. The van der Waals surface area contributed by atoms with Gasteiger partial charge in [0, 0.05) is 35.5 Å². The maximum Gasteiger partial charge on any atom is 0.0700 e. The van der Waals surface area contributed by atoms with Gasteiger partial charge in [0.05, 0.1) is 12.0 Å². The smallest absolute Gasteiger partial charge is 0.0700 e. The number of fused-ring (bicyclic) bond motifs is 2. The first-order valence-electron chi connectivity index (χ1n) is 14.7. The Bertz CT molecular complexity index is 1950. The fourth-order valence-corrected chi connectivity index (χ4v) is 5.86. The number of nitriles is 1. The Hall–Kier alpha value is -5.59. The molecule has 3 nitrogen and oxygen atoms in total. The van der Waals surface area contributed by atoms with E-state index in [-0.39, 0.29) is 5.92 Å². The Kier molecular flexibility index (Phi) is 6.95. The lowest BCUT2D eigenvalue weighted by Crippen LogP contribution is -2.17. The molecule has 3 heteroatoms. The van der Waals surface area contributed by atoms with E-state index in [1.807, 2.05) is 12.2 Å². The van der Waals surface area contributed by atoms with Gasteiger partial charge >= 0.3 is 0 Å². The summed E-state index contributed by atoms with van der Waals surface area (Å²) in [4.78, 5) is 4.50. The monoisotopic (exact) mass is 553 g/mol. The highest BCUT2D eigenvalue weighted by Crippen LogP contribution is 2.38. The molecule has 1 unspecified atom stereocenters. The molecule has 0 saturated heterocycles. The molecule has 0 aliphatic heterocycles. The molecule has 0 bridgehead atoms. The van der Waals surface area contributed by atoms with Crippen molar-refractivity contribution in [2.45, 2.75) is 6.42 Å². The number of nitrogens with zero attached hydrogens (tertiary/aromatic N) is 3. The predicted octanol–water partition coefficient (Wildman–Crippen LogP) is 10.5. The minimum atomic E-state index is -0.0269. The molecule has 0 fully saturated rings. The van der Waals surface area contributed by atoms with Crippen LogP contribution in [-0.4, -0.2) is 7.05 Å². The second-order valence-electron chi connectivity index (χ2n) is 11.0. The highest BCUT2D eigenvalue weighted by atomic mass is 15.1. The summed E-state index contributed by atoms with van der Waals surface area (Å²) in [5.41, 5.74) is 7.93. The fraction of sp³-hybridized carbons (Fsp3) is 0.0750.